The fraction of sp³-hybridized carbons (Fsp3) is 0.786. The number of rotatable bonds is 5. The third kappa shape index (κ3) is 2.25. The summed E-state index contributed by atoms with van der Waals surface area (Å²) in [4.78, 5) is 0. The molecule has 1 aromatic rings. The summed E-state index contributed by atoms with van der Waals surface area (Å²) in [6, 6.07) is 1.98. The predicted octanol–water partition coefficient (Wildman–Crippen LogP) is 3.30. The smallest absolute Gasteiger partial charge is 0.101 e. The molecular weight excluding hydrogens is 212 g/mol. The predicted molar refractivity (Wildman–Crippen MR) is 68.7 cm³/mol. The summed E-state index contributed by atoms with van der Waals surface area (Å²) in [6.07, 6.45) is 8.41. The van der Waals surface area contributed by atoms with Crippen molar-refractivity contribution in [3.8, 4) is 0 Å². The molecular formula is C14H24N2O. The van der Waals surface area contributed by atoms with Crippen LogP contribution in [0.5, 0.6) is 0 Å². The van der Waals surface area contributed by atoms with Crippen LogP contribution >= 0.6 is 0 Å². The summed E-state index contributed by atoms with van der Waals surface area (Å²) in [5, 5.41) is 15.0. The van der Waals surface area contributed by atoms with Crippen LogP contribution in [0.1, 0.15) is 64.2 Å². The highest BCUT2D eigenvalue weighted by Gasteiger charge is 2.40. The number of hydrogen-bond donors (Lipinski definition) is 1. The van der Waals surface area contributed by atoms with E-state index in [9.17, 15) is 5.11 Å². The van der Waals surface area contributed by atoms with Gasteiger partial charge in [-0.05, 0) is 31.7 Å². The highest BCUT2D eigenvalue weighted by atomic mass is 16.3. The number of nitrogens with zero attached hydrogens (tertiary/aromatic N) is 2. The Bertz CT molecular complexity index is 353. The zero-order chi connectivity index (χ0) is 12.3. The third-order valence-electron chi connectivity index (χ3n) is 4.35. The summed E-state index contributed by atoms with van der Waals surface area (Å²) in [6.45, 7) is 5.25. The zero-order valence-electron chi connectivity index (χ0n) is 11.0. The van der Waals surface area contributed by atoms with Crippen molar-refractivity contribution in [2.24, 2.45) is 5.41 Å². The Morgan fingerprint density at radius 2 is 2.12 bits per heavy atom. The molecule has 0 radical (unpaired) electrons. The van der Waals surface area contributed by atoms with Gasteiger partial charge in [0, 0.05) is 18.2 Å². The van der Waals surface area contributed by atoms with Crippen molar-refractivity contribution in [3.63, 3.8) is 0 Å². The average Bonchev–Trinajstić information content (AvgIpc) is 2.97. The van der Waals surface area contributed by atoms with E-state index in [2.05, 4.69) is 18.9 Å². The van der Waals surface area contributed by atoms with Crippen LogP contribution in [0.2, 0.25) is 0 Å². The molecule has 0 spiro atoms. The first-order valence-corrected chi connectivity index (χ1v) is 6.93. The lowest BCUT2D eigenvalue weighted by molar-refractivity contribution is 0.0169. The van der Waals surface area contributed by atoms with E-state index in [0.29, 0.717) is 0 Å². The van der Waals surface area contributed by atoms with Gasteiger partial charge in [-0.25, -0.2) is 0 Å². The van der Waals surface area contributed by atoms with Crippen LogP contribution in [-0.4, -0.2) is 14.9 Å². The Balaban J connectivity index is 2.22. The van der Waals surface area contributed by atoms with Gasteiger partial charge >= 0.3 is 0 Å². The fourth-order valence-electron chi connectivity index (χ4n) is 3.19. The number of aromatic nitrogens is 2. The molecule has 1 unspecified atom stereocenters. The molecule has 1 N–H and O–H groups in total. The summed E-state index contributed by atoms with van der Waals surface area (Å²) in [5.74, 6) is 0. The minimum absolute atomic E-state index is 0.103. The minimum Gasteiger partial charge on any atom is -0.386 e. The van der Waals surface area contributed by atoms with E-state index >= 15 is 0 Å². The van der Waals surface area contributed by atoms with Crippen LogP contribution in [0.15, 0.2) is 12.3 Å². The van der Waals surface area contributed by atoms with Crippen molar-refractivity contribution in [1.82, 2.24) is 9.78 Å². The third-order valence-corrected chi connectivity index (χ3v) is 4.35. The Morgan fingerprint density at radius 3 is 2.71 bits per heavy atom. The Kier molecular flexibility index (Phi) is 3.87. The summed E-state index contributed by atoms with van der Waals surface area (Å²) >= 11 is 0. The van der Waals surface area contributed by atoms with E-state index in [1.807, 2.05) is 16.9 Å². The lowest BCUT2D eigenvalue weighted by atomic mass is 9.76. The molecule has 0 saturated heterocycles. The van der Waals surface area contributed by atoms with Crippen LogP contribution in [0, 0.1) is 5.41 Å². The van der Waals surface area contributed by atoms with E-state index in [1.165, 1.54) is 12.8 Å². The number of aliphatic hydroxyl groups excluding tert-OH is 1. The normalized spacial score (nSPS) is 20.6. The van der Waals surface area contributed by atoms with Gasteiger partial charge in [-0.15, -0.1) is 0 Å². The van der Waals surface area contributed by atoms with E-state index in [1.54, 1.807) is 0 Å². The minimum atomic E-state index is -0.343. The molecule has 1 aromatic heterocycles. The first-order valence-electron chi connectivity index (χ1n) is 6.93. The molecule has 3 nitrogen and oxygen atoms in total. The van der Waals surface area contributed by atoms with Crippen LogP contribution in [0.25, 0.3) is 0 Å². The molecule has 1 aliphatic carbocycles. The van der Waals surface area contributed by atoms with Crippen LogP contribution < -0.4 is 0 Å². The van der Waals surface area contributed by atoms with Gasteiger partial charge in [-0.1, -0.05) is 26.7 Å². The average molecular weight is 236 g/mol. The van der Waals surface area contributed by atoms with Gasteiger partial charge in [0.25, 0.3) is 0 Å². The standard InChI is InChI=1S/C14H24N2O/c1-3-11-16-12(7-10-15-16)13(17)14(4-2)8-5-6-9-14/h7,10,13,17H,3-6,8-9,11H2,1-2H3. The van der Waals surface area contributed by atoms with E-state index in [-0.39, 0.29) is 11.5 Å². The van der Waals surface area contributed by atoms with Gasteiger partial charge < -0.3 is 5.11 Å². The molecule has 1 saturated carbocycles. The molecule has 1 fully saturated rings. The van der Waals surface area contributed by atoms with Gasteiger partial charge in [-0.3, -0.25) is 4.68 Å². The van der Waals surface area contributed by atoms with Crippen molar-refractivity contribution in [1.29, 1.82) is 0 Å². The fourth-order valence-corrected chi connectivity index (χ4v) is 3.19. The second-order valence-corrected chi connectivity index (χ2v) is 5.30. The van der Waals surface area contributed by atoms with Gasteiger partial charge in [0.2, 0.25) is 0 Å². The largest absolute Gasteiger partial charge is 0.386 e. The second-order valence-electron chi connectivity index (χ2n) is 5.30. The van der Waals surface area contributed by atoms with Crippen molar-refractivity contribution < 1.29 is 5.11 Å². The first-order chi connectivity index (χ1) is 8.23. The van der Waals surface area contributed by atoms with Gasteiger partial charge in [0.1, 0.15) is 6.10 Å². The Morgan fingerprint density at radius 1 is 1.41 bits per heavy atom. The first kappa shape index (κ1) is 12.6. The van der Waals surface area contributed by atoms with Gasteiger partial charge in [0.15, 0.2) is 0 Å². The van der Waals surface area contributed by atoms with Crippen molar-refractivity contribution in [2.45, 2.75) is 65.0 Å². The maximum Gasteiger partial charge on any atom is 0.101 e. The summed E-state index contributed by atoms with van der Waals surface area (Å²) < 4.78 is 1.97. The maximum absolute atomic E-state index is 10.7. The van der Waals surface area contributed by atoms with Crippen molar-refractivity contribution in [3.05, 3.63) is 18.0 Å². The molecule has 0 bridgehead atoms. The molecule has 0 amide bonds. The molecule has 3 heteroatoms. The molecule has 1 heterocycles. The van der Waals surface area contributed by atoms with E-state index in [4.69, 9.17) is 0 Å². The van der Waals surface area contributed by atoms with E-state index in [0.717, 1.165) is 37.9 Å². The Hall–Kier alpha value is -0.830. The topological polar surface area (TPSA) is 38.0 Å². The van der Waals surface area contributed by atoms with E-state index < -0.39 is 0 Å². The molecule has 1 atom stereocenters. The molecule has 17 heavy (non-hydrogen) atoms. The van der Waals surface area contributed by atoms with Crippen molar-refractivity contribution >= 4 is 0 Å². The SMILES string of the molecule is CCCn1nccc1C(O)C1(CC)CCCC1. The number of hydrogen-bond acceptors (Lipinski definition) is 2. The Labute approximate surface area is 104 Å². The number of aryl methyl sites for hydroxylation is 1. The van der Waals surface area contributed by atoms with Gasteiger partial charge in [-0.2, -0.15) is 5.10 Å². The molecule has 96 valence electrons. The van der Waals surface area contributed by atoms with Crippen molar-refractivity contribution in [2.75, 3.05) is 0 Å². The lowest BCUT2D eigenvalue weighted by Gasteiger charge is -2.33. The second kappa shape index (κ2) is 5.21. The highest BCUT2D eigenvalue weighted by Crippen LogP contribution is 2.49. The van der Waals surface area contributed by atoms with Gasteiger partial charge in [0.05, 0.1) is 5.69 Å². The van der Waals surface area contributed by atoms with Crippen LogP contribution in [0.3, 0.4) is 0 Å². The molecule has 0 aliphatic heterocycles. The lowest BCUT2D eigenvalue weighted by Crippen LogP contribution is -2.27. The van der Waals surface area contributed by atoms with Crippen LogP contribution in [-0.2, 0) is 6.54 Å². The zero-order valence-corrected chi connectivity index (χ0v) is 11.0. The monoisotopic (exact) mass is 236 g/mol. The summed E-state index contributed by atoms with van der Waals surface area (Å²) in [7, 11) is 0. The maximum atomic E-state index is 10.7. The summed E-state index contributed by atoms with van der Waals surface area (Å²) in [5.41, 5.74) is 1.11. The molecule has 1 aliphatic rings. The highest BCUT2D eigenvalue weighted by molar-refractivity contribution is 5.10. The quantitative estimate of drug-likeness (QED) is 0.851. The molecule has 0 aromatic carbocycles. The van der Waals surface area contributed by atoms with Crippen LogP contribution in [0.4, 0.5) is 0 Å². The molecule has 2 rings (SSSR count). The number of aliphatic hydroxyl groups is 1.